The minimum Gasteiger partial charge on any atom is -0.455 e. The molecule has 0 bridgehead atoms. The zero-order valence-electron chi connectivity index (χ0n) is 15.3. The number of nitrogens with one attached hydrogen (secondary N) is 1. The second-order valence-corrected chi connectivity index (χ2v) is 6.51. The molecular formula is C23H15F2NO3. The van der Waals surface area contributed by atoms with Crippen molar-refractivity contribution in [2.75, 3.05) is 5.32 Å². The van der Waals surface area contributed by atoms with Gasteiger partial charge >= 0.3 is 0 Å². The summed E-state index contributed by atoms with van der Waals surface area (Å²) in [4.78, 5) is 25.6. The fraction of sp³-hybridized carbons (Fsp3) is 0.0435. The number of carbonyl (C=O) groups is 1. The third-order valence-electron chi connectivity index (χ3n) is 4.60. The van der Waals surface area contributed by atoms with Crippen LogP contribution in [0.5, 0.6) is 0 Å². The van der Waals surface area contributed by atoms with Gasteiger partial charge in [-0.15, -0.1) is 0 Å². The number of amides is 1. The third kappa shape index (κ3) is 3.40. The Hall–Kier alpha value is -3.80. The maximum Gasteiger partial charge on any atom is 0.259 e. The second-order valence-electron chi connectivity index (χ2n) is 6.51. The van der Waals surface area contributed by atoms with Crippen molar-refractivity contribution >= 4 is 22.6 Å². The van der Waals surface area contributed by atoms with Gasteiger partial charge in [0.05, 0.1) is 16.6 Å². The van der Waals surface area contributed by atoms with Gasteiger partial charge in [-0.25, -0.2) is 8.78 Å². The second kappa shape index (κ2) is 7.31. The number of para-hydroxylation sites is 1. The summed E-state index contributed by atoms with van der Waals surface area (Å²) in [5, 5.41) is 2.57. The molecule has 0 saturated carbocycles. The van der Waals surface area contributed by atoms with Crippen molar-refractivity contribution in [3.8, 4) is 11.3 Å². The highest BCUT2D eigenvalue weighted by atomic mass is 19.1. The summed E-state index contributed by atoms with van der Waals surface area (Å²) in [6.45, 7) is 1.66. The Bertz CT molecular complexity index is 1300. The van der Waals surface area contributed by atoms with Crippen molar-refractivity contribution in [3.05, 3.63) is 99.7 Å². The number of benzene rings is 3. The highest BCUT2D eigenvalue weighted by Gasteiger charge is 2.19. The average Bonchev–Trinajstić information content (AvgIpc) is 2.73. The SMILES string of the molecule is Cc1c(-c2ccccc2)oc2c(C(=O)Nc3cc(F)ccc3F)cccc2c1=O. The van der Waals surface area contributed by atoms with Crippen molar-refractivity contribution in [1.29, 1.82) is 0 Å². The quantitative estimate of drug-likeness (QED) is 0.516. The van der Waals surface area contributed by atoms with E-state index in [1.807, 2.05) is 18.2 Å². The molecule has 0 radical (unpaired) electrons. The third-order valence-corrected chi connectivity index (χ3v) is 4.60. The Morgan fingerprint density at radius 3 is 2.48 bits per heavy atom. The largest absolute Gasteiger partial charge is 0.455 e. The van der Waals surface area contributed by atoms with Crippen molar-refractivity contribution in [1.82, 2.24) is 0 Å². The lowest BCUT2D eigenvalue weighted by Gasteiger charge is -2.11. The van der Waals surface area contributed by atoms with Crippen molar-refractivity contribution in [2.45, 2.75) is 6.92 Å². The lowest BCUT2D eigenvalue weighted by atomic mass is 10.0. The van der Waals surface area contributed by atoms with Gasteiger partial charge < -0.3 is 9.73 Å². The monoisotopic (exact) mass is 391 g/mol. The normalized spacial score (nSPS) is 10.9. The minimum absolute atomic E-state index is 0.0421. The number of hydrogen-bond donors (Lipinski definition) is 1. The minimum atomic E-state index is -0.776. The highest BCUT2D eigenvalue weighted by molar-refractivity contribution is 6.11. The summed E-state index contributed by atoms with van der Waals surface area (Å²) in [7, 11) is 0. The van der Waals surface area contributed by atoms with Crippen LogP contribution in [0.25, 0.3) is 22.3 Å². The van der Waals surface area contributed by atoms with Crippen LogP contribution in [0.15, 0.2) is 75.9 Å². The van der Waals surface area contributed by atoms with E-state index in [2.05, 4.69) is 5.32 Å². The molecule has 0 atom stereocenters. The molecule has 0 aliphatic rings. The molecule has 29 heavy (non-hydrogen) atoms. The van der Waals surface area contributed by atoms with Crippen molar-refractivity contribution in [2.24, 2.45) is 0 Å². The standard InChI is InChI=1S/C23H15F2NO3/c1-13-20(27)16-8-5-9-17(22(16)29-21(13)14-6-3-2-4-7-14)23(28)26-19-12-15(24)10-11-18(19)25/h2-12H,1H3,(H,26,28). The lowest BCUT2D eigenvalue weighted by molar-refractivity contribution is 0.102. The smallest absolute Gasteiger partial charge is 0.259 e. The van der Waals surface area contributed by atoms with E-state index in [0.717, 1.165) is 18.2 Å². The molecule has 0 aliphatic carbocycles. The van der Waals surface area contributed by atoms with Crippen LogP contribution in [-0.4, -0.2) is 5.91 Å². The number of halogens is 2. The van der Waals surface area contributed by atoms with E-state index in [1.54, 1.807) is 25.1 Å². The molecule has 4 aromatic rings. The molecule has 0 fully saturated rings. The maximum atomic E-state index is 13.9. The molecule has 0 saturated heterocycles. The Kier molecular flexibility index (Phi) is 4.68. The van der Waals surface area contributed by atoms with Gasteiger partial charge in [-0.05, 0) is 31.2 Å². The average molecular weight is 391 g/mol. The fourth-order valence-corrected chi connectivity index (χ4v) is 3.14. The van der Waals surface area contributed by atoms with Crippen molar-refractivity contribution < 1.29 is 18.0 Å². The molecule has 144 valence electrons. The summed E-state index contributed by atoms with van der Waals surface area (Å²) >= 11 is 0. The molecule has 1 aromatic heterocycles. The van der Waals surface area contributed by atoms with Crippen LogP contribution < -0.4 is 10.7 Å². The topological polar surface area (TPSA) is 59.3 Å². The Labute approximate surface area is 164 Å². The molecule has 4 rings (SSSR count). The highest BCUT2D eigenvalue weighted by Crippen LogP contribution is 2.28. The molecule has 3 aromatic carbocycles. The zero-order valence-corrected chi connectivity index (χ0v) is 15.3. The Morgan fingerprint density at radius 2 is 1.72 bits per heavy atom. The van der Waals surface area contributed by atoms with Crippen LogP contribution in [0.4, 0.5) is 14.5 Å². The number of carbonyl (C=O) groups excluding carboxylic acids is 1. The van der Waals surface area contributed by atoms with E-state index in [-0.39, 0.29) is 27.6 Å². The molecule has 0 aliphatic heterocycles. The lowest BCUT2D eigenvalue weighted by Crippen LogP contribution is -2.15. The van der Waals surface area contributed by atoms with E-state index in [1.165, 1.54) is 12.1 Å². The molecule has 1 amide bonds. The number of rotatable bonds is 3. The van der Waals surface area contributed by atoms with Gasteiger partial charge in [0.15, 0.2) is 11.0 Å². The van der Waals surface area contributed by atoms with Crippen LogP contribution in [0.3, 0.4) is 0 Å². The van der Waals surface area contributed by atoms with Crippen LogP contribution in [0.1, 0.15) is 15.9 Å². The van der Waals surface area contributed by atoms with Gasteiger partial charge in [0, 0.05) is 17.2 Å². The summed E-state index contributed by atoms with van der Waals surface area (Å²) < 4.78 is 33.3. The summed E-state index contributed by atoms with van der Waals surface area (Å²) in [6, 6.07) is 16.4. The number of anilines is 1. The van der Waals surface area contributed by atoms with E-state index < -0.39 is 17.5 Å². The van der Waals surface area contributed by atoms with E-state index >= 15 is 0 Å². The number of fused-ring (bicyclic) bond motifs is 1. The zero-order chi connectivity index (χ0) is 20.5. The molecule has 1 heterocycles. The van der Waals surface area contributed by atoms with Crippen molar-refractivity contribution in [3.63, 3.8) is 0 Å². The molecular weight excluding hydrogens is 376 g/mol. The first-order valence-electron chi connectivity index (χ1n) is 8.84. The van der Waals surface area contributed by atoms with Gasteiger partial charge in [0.1, 0.15) is 17.4 Å². The molecule has 0 unspecified atom stereocenters. The fourth-order valence-electron chi connectivity index (χ4n) is 3.14. The molecule has 0 spiro atoms. The summed E-state index contributed by atoms with van der Waals surface area (Å²) in [5.74, 6) is -1.83. The van der Waals surface area contributed by atoms with Gasteiger partial charge in [-0.3, -0.25) is 9.59 Å². The predicted molar refractivity (Wildman–Crippen MR) is 107 cm³/mol. The maximum absolute atomic E-state index is 13.9. The van der Waals surface area contributed by atoms with Crippen LogP contribution in [0.2, 0.25) is 0 Å². The van der Waals surface area contributed by atoms with Gasteiger partial charge in [0.2, 0.25) is 0 Å². The molecule has 6 heteroatoms. The van der Waals surface area contributed by atoms with E-state index in [4.69, 9.17) is 4.42 Å². The van der Waals surface area contributed by atoms with E-state index in [9.17, 15) is 18.4 Å². The van der Waals surface area contributed by atoms with Crippen LogP contribution in [0, 0.1) is 18.6 Å². The first-order chi connectivity index (χ1) is 14.0. The van der Waals surface area contributed by atoms with E-state index in [0.29, 0.717) is 16.9 Å². The van der Waals surface area contributed by atoms with Gasteiger partial charge in [-0.1, -0.05) is 36.4 Å². The first kappa shape index (κ1) is 18.6. The Morgan fingerprint density at radius 1 is 0.966 bits per heavy atom. The van der Waals surface area contributed by atoms with Gasteiger partial charge in [0.25, 0.3) is 5.91 Å². The van der Waals surface area contributed by atoms with Gasteiger partial charge in [-0.2, -0.15) is 0 Å². The summed E-state index contributed by atoms with van der Waals surface area (Å²) in [5.41, 5.74) is 0.658. The predicted octanol–water partition coefficient (Wildman–Crippen LogP) is 5.30. The molecule has 4 nitrogen and oxygen atoms in total. The van der Waals surface area contributed by atoms with Crippen LogP contribution >= 0.6 is 0 Å². The molecule has 1 N–H and O–H groups in total. The van der Waals surface area contributed by atoms with Crippen LogP contribution in [-0.2, 0) is 0 Å². The summed E-state index contributed by atoms with van der Waals surface area (Å²) in [6.07, 6.45) is 0. The number of hydrogen-bond acceptors (Lipinski definition) is 3. The Balaban J connectivity index is 1.87. The first-order valence-corrected chi connectivity index (χ1v) is 8.84.